The molecule has 0 amide bonds. The van der Waals surface area contributed by atoms with Crippen molar-refractivity contribution in [2.45, 2.75) is 20.3 Å². The summed E-state index contributed by atoms with van der Waals surface area (Å²) in [5, 5.41) is 0. The number of hydrogen-bond donors (Lipinski definition) is 2. The third-order valence-corrected chi connectivity index (χ3v) is 2.03. The lowest BCUT2D eigenvalue weighted by atomic mass is 10.0. The SMILES string of the molecule is CCc1c(N)ccc(N)c1C.O=S(=O)([O-])[O-]. The fourth-order valence-electron chi connectivity index (χ4n) is 1.27. The molecular formula is C9H14N2O4S-2. The lowest BCUT2D eigenvalue weighted by Gasteiger charge is -2.08. The fourth-order valence-corrected chi connectivity index (χ4v) is 1.27. The molecule has 0 atom stereocenters. The summed E-state index contributed by atoms with van der Waals surface area (Å²) in [5.41, 5.74) is 15.4. The van der Waals surface area contributed by atoms with Crippen molar-refractivity contribution in [1.29, 1.82) is 0 Å². The van der Waals surface area contributed by atoms with E-state index in [1.54, 1.807) is 0 Å². The Kier molecular flexibility index (Phi) is 5.22. The first kappa shape index (κ1) is 14.7. The Hall–Kier alpha value is -1.31. The molecule has 0 saturated carbocycles. The van der Waals surface area contributed by atoms with Gasteiger partial charge in [-0.1, -0.05) is 6.92 Å². The van der Waals surface area contributed by atoms with Gasteiger partial charge in [-0.05, 0) is 36.6 Å². The highest BCUT2D eigenvalue weighted by molar-refractivity contribution is 7.79. The van der Waals surface area contributed by atoms with Gasteiger partial charge in [0.2, 0.25) is 0 Å². The average molecular weight is 246 g/mol. The molecule has 0 spiro atoms. The van der Waals surface area contributed by atoms with Gasteiger partial charge in [0.25, 0.3) is 0 Å². The number of anilines is 2. The van der Waals surface area contributed by atoms with Crippen LogP contribution in [0.1, 0.15) is 18.1 Å². The summed E-state index contributed by atoms with van der Waals surface area (Å²) in [6, 6.07) is 3.71. The van der Waals surface area contributed by atoms with Crippen LogP contribution >= 0.6 is 0 Å². The van der Waals surface area contributed by atoms with Gasteiger partial charge in [-0.2, -0.15) is 0 Å². The van der Waals surface area contributed by atoms with E-state index in [1.165, 1.54) is 5.56 Å². The Morgan fingerprint density at radius 3 is 1.88 bits per heavy atom. The maximum atomic E-state index is 8.52. The highest BCUT2D eigenvalue weighted by Crippen LogP contribution is 2.22. The first-order valence-electron chi connectivity index (χ1n) is 4.47. The number of nitrogens with two attached hydrogens (primary N) is 2. The molecule has 0 bridgehead atoms. The van der Waals surface area contributed by atoms with E-state index in [4.69, 9.17) is 29.0 Å². The van der Waals surface area contributed by atoms with Crippen LogP contribution in [0.15, 0.2) is 12.1 Å². The maximum Gasteiger partial charge on any atom is 0.0350 e. The Labute approximate surface area is 94.8 Å². The summed E-state index contributed by atoms with van der Waals surface area (Å²) in [6.07, 6.45) is 0.947. The molecule has 0 aliphatic rings. The molecule has 0 aliphatic carbocycles. The first-order valence-corrected chi connectivity index (χ1v) is 5.80. The number of benzene rings is 1. The number of hydrogen-bond acceptors (Lipinski definition) is 6. The van der Waals surface area contributed by atoms with Gasteiger partial charge in [-0.25, -0.2) is 0 Å². The van der Waals surface area contributed by atoms with Crippen molar-refractivity contribution in [3.63, 3.8) is 0 Å². The van der Waals surface area contributed by atoms with Gasteiger partial charge < -0.3 is 20.6 Å². The quantitative estimate of drug-likeness (QED) is 0.418. The Balaban J connectivity index is 0.000000385. The van der Waals surface area contributed by atoms with Crippen molar-refractivity contribution in [3.05, 3.63) is 23.3 Å². The third kappa shape index (κ3) is 5.54. The van der Waals surface area contributed by atoms with Crippen molar-refractivity contribution in [1.82, 2.24) is 0 Å². The second-order valence-electron chi connectivity index (χ2n) is 3.11. The zero-order valence-electron chi connectivity index (χ0n) is 9.06. The Morgan fingerprint density at radius 2 is 1.56 bits per heavy atom. The van der Waals surface area contributed by atoms with E-state index < -0.39 is 10.4 Å². The summed E-state index contributed by atoms with van der Waals surface area (Å²) in [6.45, 7) is 4.09. The molecule has 16 heavy (non-hydrogen) atoms. The second-order valence-corrected chi connectivity index (χ2v) is 3.93. The van der Waals surface area contributed by atoms with Crippen LogP contribution in [-0.4, -0.2) is 17.5 Å². The van der Waals surface area contributed by atoms with E-state index in [9.17, 15) is 0 Å². The van der Waals surface area contributed by atoms with E-state index in [2.05, 4.69) is 6.92 Å². The zero-order valence-corrected chi connectivity index (χ0v) is 9.87. The van der Waals surface area contributed by atoms with Crippen molar-refractivity contribution in [3.8, 4) is 0 Å². The van der Waals surface area contributed by atoms with E-state index >= 15 is 0 Å². The van der Waals surface area contributed by atoms with Crippen molar-refractivity contribution in [2.75, 3.05) is 11.5 Å². The topological polar surface area (TPSA) is 132 Å². The van der Waals surface area contributed by atoms with Gasteiger partial charge in [0, 0.05) is 21.8 Å². The monoisotopic (exact) mass is 246 g/mol. The summed E-state index contributed by atoms with van der Waals surface area (Å²) < 4.78 is 34.1. The molecule has 1 aromatic rings. The Morgan fingerprint density at radius 1 is 1.19 bits per heavy atom. The minimum absolute atomic E-state index is 0.830. The summed E-state index contributed by atoms with van der Waals surface area (Å²) in [7, 11) is -5.17. The Bertz CT molecular complexity index is 449. The summed E-state index contributed by atoms with van der Waals surface area (Å²) in [5.74, 6) is 0. The molecular weight excluding hydrogens is 232 g/mol. The number of nitrogen functional groups attached to an aromatic ring is 2. The highest BCUT2D eigenvalue weighted by atomic mass is 32.3. The lowest BCUT2D eigenvalue weighted by molar-refractivity contribution is 0.352. The van der Waals surface area contributed by atoms with E-state index in [0.717, 1.165) is 23.4 Å². The molecule has 0 aromatic heterocycles. The number of rotatable bonds is 1. The van der Waals surface area contributed by atoms with E-state index in [0.29, 0.717) is 0 Å². The molecule has 7 heteroatoms. The van der Waals surface area contributed by atoms with Gasteiger partial charge in [0.15, 0.2) is 0 Å². The van der Waals surface area contributed by atoms with E-state index in [1.807, 2.05) is 19.1 Å². The van der Waals surface area contributed by atoms with Gasteiger partial charge >= 0.3 is 0 Å². The molecule has 0 aliphatic heterocycles. The average Bonchev–Trinajstić information content (AvgIpc) is 2.10. The molecule has 0 heterocycles. The van der Waals surface area contributed by atoms with Gasteiger partial charge in [-0.3, -0.25) is 8.42 Å². The van der Waals surface area contributed by atoms with Gasteiger partial charge in [0.05, 0.1) is 0 Å². The zero-order chi connectivity index (χ0) is 12.9. The predicted molar refractivity (Wildman–Crippen MR) is 59.9 cm³/mol. The standard InChI is InChI=1S/C9H14N2.H2O4S/c1-3-7-6(2)8(10)4-5-9(7)11;1-5(2,3)4/h4-5H,3,10-11H2,1-2H3;(H2,1,2,3,4)/p-2. The van der Waals surface area contributed by atoms with Crippen LogP contribution in [0.5, 0.6) is 0 Å². The second kappa shape index (κ2) is 5.69. The normalized spacial score (nSPS) is 10.5. The van der Waals surface area contributed by atoms with Gasteiger partial charge in [0.1, 0.15) is 0 Å². The molecule has 1 aromatic carbocycles. The van der Waals surface area contributed by atoms with Gasteiger partial charge in [-0.15, -0.1) is 0 Å². The minimum Gasteiger partial charge on any atom is -0.759 e. The molecule has 92 valence electrons. The van der Waals surface area contributed by atoms with Crippen LogP contribution < -0.4 is 11.5 Å². The molecule has 0 saturated heterocycles. The molecule has 0 fully saturated rings. The summed E-state index contributed by atoms with van der Waals surface area (Å²) in [4.78, 5) is 0. The summed E-state index contributed by atoms with van der Waals surface area (Å²) >= 11 is 0. The van der Waals surface area contributed by atoms with Crippen molar-refractivity contribution in [2.24, 2.45) is 0 Å². The molecule has 1 rings (SSSR count). The van der Waals surface area contributed by atoms with Crippen LogP contribution in [0.3, 0.4) is 0 Å². The van der Waals surface area contributed by atoms with E-state index in [-0.39, 0.29) is 0 Å². The van der Waals surface area contributed by atoms with Crippen molar-refractivity contribution < 1.29 is 17.5 Å². The molecule has 0 unspecified atom stereocenters. The predicted octanol–water partition coefficient (Wildman–Crippen LogP) is 0.384. The lowest BCUT2D eigenvalue weighted by Crippen LogP contribution is -1.99. The van der Waals surface area contributed by atoms with Crippen LogP contribution in [0, 0.1) is 6.92 Å². The van der Waals surface area contributed by atoms with Crippen LogP contribution in [0.4, 0.5) is 11.4 Å². The van der Waals surface area contributed by atoms with Crippen molar-refractivity contribution >= 4 is 21.8 Å². The molecule has 4 N–H and O–H groups in total. The van der Waals surface area contributed by atoms with Crippen LogP contribution in [0.25, 0.3) is 0 Å². The smallest absolute Gasteiger partial charge is 0.0350 e. The maximum absolute atomic E-state index is 8.52. The molecule has 6 nitrogen and oxygen atoms in total. The highest BCUT2D eigenvalue weighted by Gasteiger charge is 2.02. The van der Waals surface area contributed by atoms with Crippen LogP contribution in [0.2, 0.25) is 0 Å². The first-order chi connectivity index (χ1) is 7.16. The van der Waals surface area contributed by atoms with Crippen LogP contribution in [-0.2, 0) is 16.8 Å². The minimum atomic E-state index is -5.17. The third-order valence-electron chi connectivity index (χ3n) is 2.03. The fraction of sp³-hybridized carbons (Fsp3) is 0.333. The largest absolute Gasteiger partial charge is 0.759 e. The molecule has 0 radical (unpaired) electrons.